The summed E-state index contributed by atoms with van der Waals surface area (Å²) in [6.45, 7) is 5.22. The zero-order valence-corrected chi connectivity index (χ0v) is 35.9. The monoisotopic (exact) mass is 749 g/mol. The van der Waals surface area contributed by atoms with Crippen molar-refractivity contribution in [2.24, 2.45) is 0 Å². The smallest absolute Gasteiger partial charge is 0.306 e. The summed E-state index contributed by atoms with van der Waals surface area (Å²) in [6, 6.07) is 0. The highest BCUT2D eigenvalue weighted by Gasteiger charge is 2.34. The molecule has 2 unspecified atom stereocenters. The average Bonchev–Trinajstić information content (AvgIpc) is 3.58. The molecule has 0 spiro atoms. The third-order valence-electron chi connectivity index (χ3n) is 11.5. The topological polar surface area (TPSA) is 61.8 Å². The van der Waals surface area contributed by atoms with Gasteiger partial charge in [-0.25, -0.2) is 0 Å². The highest BCUT2D eigenvalue weighted by molar-refractivity contribution is 5.70. The van der Waals surface area contributed by atoms with Crippen LogP contribution in [0.25, 0.3) is 0 Å². The molecule has 5 nitrogen and oxygen atoms in total. The molecule has 53 heavy (non-hydrogen) atoms. The Hall–Kier alpha value is -1.10. The van der Waals surface area contributed by atoms with E-state index in [0.29, 0.717) is 26.1 Å². The summed E-state index contributed by atoms with van der Waals surface area (Å²) < 4.78 is 16.8. The largest absolute Gasteiger partial charge is 0.456 e. The molecule has 1 fully saturated rings. The Morgan fingerprint density at radius 2 is 0.528 bits per heavy atom. The molecule has 0 N–H and O–H groups in total. The molecule has 0 aromatic heterocycles. The highest BCUT2D eigenvalue weighted by Crippen LogP contribution is 2.19. The summed E-state index contributed by atoms with van der Waals surface area (Å²) in [5.41, 5.74) is 0. The average molecular weight is 749 g/mol. The Morgan fingerprint density at radius 1 is 0.340 bits per heavy atom. The zero-order chi connectivity index (χ0) is 38.1. The summed E-state index contributed by atoms with van der Waals surface area (Å²) in [4.78, 5) is 24.9. The van der Waals surface area contributed by atoms with E-state index in [-0.39, 0.29) is 11.9 Å². The van der Waals surface area contributed by atoms with E-state index in [1.165, 1.54) is 218 Å². The predicted octanol–water partition coefficient (Wildman–Crippen LogP) is 15.5. The third-order valence-corrected chi connectivity index (χ3v) is 11.5. The van der Waals surface area contributed by atoms with Gasteiger partial charge in [-0.1, -0.05) is 245 Å². The van der Waals surface area contributed by atoms with Gasteiger partial charge in [-0.05, 0) is 12.8 Å². The minimum atomic E-state index is -0.461. The van der Waals surface area contributed by atoms with Gasteiger partial charge < -0.3 is 14.2 Å². The van der Waals surface area contributed by atoms with Gasteiger partial charge in [-0.3, -0.25) is 9.59 Å². The van der Waals surface area contributed by atoms with Gasteiger partial charge in [0, 0.05) is 12.8 Å². The van der Waals surface area contributed by atoms with E-state index in [4.69, 9.17) is 14.2 Å². The summed E-state index contributed by atoms with van der Waals surface area (Å²) in [5, 5.41) is 0. The summed E-state index contributed by atoms with van der Waals surface area (Å²) in [7, 11) is 0. The summed E-state index contributed by atoms with van der Waals surface area (Å²) in [5.74, 6) is -0.375. The maximum atomic E-state index is 12.5. The normalized spacial score (nSPS) is 15.7. The van der Waals surface area contributed by atoms with Crippen LogP contribution in [0.15, 0.2) is 0 Å². The molecule has 5 heteroatoms. The SMILES string of the molecule is CCCCCCCCCCCCCCCCCCCCCC(=O)OC1COCC1OC(=O)CCCCCCCCCCCCCCCCCCCCC. The van der Waals surface area contributed by atoms with Crippen molar-refractivity contribution in [2.45, 2.75) is 283 Å². The Bertz CT molecular complexity index is 707. The molecule has 1 aliphatic heterocycles. The van der Waals surface area contributed by atoms with Crippen molar-refractivity contribution in [3.8, 4) is 0 Å². The van der Waals surface area contributed by atoms with E-state index in [1.807, 2.05) is 0 Å². The standard InChI is InChI=1S/C48H92O5/c1-3-5-7-9-11-13-15-17-19-21-23-25-27-29-31-33-35-37-39-41-47(49)52-45-43-51-44-46(45)53-48(50)42-40-38-36-34-32-30-28-26-24-22-20-18-16-14-12-10-8-6-4-2/h45-46H,3-44H2,1-2H3. The molecular weight excluding hydrogens is 657 g/mol. The number of esters is 2. The molecule has 0 aromatic carbocycles. The molecular formula is C48H92O5. The molecule has 0 bridgehead atoms. The van der Waals surface area contributed by atoms with Gasteiger partial charge >= 0.3 is 11.9 Å². The summed E-state index contributed by atoms with van der Waals surface area (Å²) in [6.07, 6.45) is 50.9. The van der Waals surface area contributed by atoms with Crippen LogP contribution in [0.2, 0.25) is 0 Å². The number of carbonyl (C=O) groups excluding carboxylic acids is 2. The highest BCUT2D eigenvalue weighted by atomic mass is 16.6. The number of hydrogen-bond acceptors (Lipinski definition) is 5. The molecule has 314 valence electrons. The molecule has 1 rings (SSSR count). The Kier molecular flexibility index (Phi) is 38.2. The van der Waals surface area contributed by atoms with Crippen molar-refractivity contribution in [3.05, 3.63) is 0 Å². The number of unbranched alkanes of at least 4 members (excludes halogenated alkanes) is 36. The lowest BCUT2D eigenvalue weighted by Gasteiger charge is -2.18. The van der Waals surface area contributed by atoms with Crippen LogP contribution in [0, 0.1) is 0 Å². The maximum Gasteiger partial charge on any atom is 0.306 e. The predicted molar refractivity (Wildman–Crippen MR) is 227 cm³/mol. The van der Waals surface area contributed by atoms with Crippen LogP contribution in [0.4, 0.5) is 0 Å². The number of hydrogen-bond donors (Lipinski definition) is 0. The lowest BCUT2D eigenvalue weighted by Crippen LogP contribution is -2.33. The fourth-order valence-corrected chi connectivity index (χ4v) is 7.89. The van der Waals surface area contributed by atoms with Crippen LogP contribution in [0.3, 0.4) is 0 Å². The molecule has 0 aromatic rings. The van der Waals surface area contributed by atoms with Crippen molar-refractivity contribution >= 4 is 11.9 Å². The van der Waals surface area contributed by atoms with Gasteiger partial charge in [0.25, 0.3) is 0 Å². The van der Waals surface area contributed by atoms with Gasteiger partial charge in [0.1, 0.15) is 0 Å². The van der Waals surface area contributed by atoms with Crippen LogP contribution < -0.4 is 0 Å². The minimum absolute atomic E-state index is 0.188. The van der Waals surface area contributed by atoms with Crippen molar-refractivity contribution in [1.82, 2.24) is 0 Å². The van der Waals surface area contributed by atoms with Gasteiger partial charge in [-0.2, -0.15) is 0 Å². The fourth-order valence-electron chi connectivity index (χ4n) is 7.89. The fraction of sp³-hybridized carbons (Fsp3) is 0.958. The second kappa shape index (κ2) is 40.6. The van der Waals surface area contributed by atoms with E-state index in [2.05, 4.69) is 13.8 Å². The van der Waals surface area contributed by atoms with Crippen LogP contribution in [-0.4, -0.2) is 37.4 Å². The molecule has 0 radical (unpaired) electrons. The Morgan fingerprint density at radius 3 is 0.736 bits per heavy atom. The first-order chi connectivity index (χ1) is 26.2. The third kappa shape index (κ3) is 35.1. The molecule has 1 heterocycles. The molecule has 0 aliphatic carbocycles. The minimum Gasteiger partial charge on any atom is -0.456 e. The molecule has 0 amide bonds. The van der Waals surface area contributed by atoms with Crippen molar-refractivity contribution in [2.75, 3.05) is 13.2 Å². The Balaban J connectivity index is 1.85. The molecule has 1 aliphatic rings. The van der Waals surface area contributed by atoms with Crippen LogP contribution >= 0.6 is 0 Å². The van der Waals surface area contributed by atoms with Crippen molar-refractivity contribution < 1.29 is 23.8 Å². The number of ether oxygens (including phenoxy) is 3. The summed E-state index contributed by atoms with van der Waals surface area (Å²) >= 11 is 0. The second-order valence-electron chi connectivity index (χ2n) is 16.8. The van der Waals surface area contributed by atoms with Crippen molar-refractivity contribution in [3.63, 3.8) is 0 Å². The quantitative estimate of drug-likeness (QED) is 0.0459. The van der Waals surface area contributed by atoms with E-state index in [9.17, 15) is 9.59 Å². The van der Waals surface area contributed by atoms with Gasteiger partial charge in [-0.15, -0.1) is 0 Å². The first-order valence-corrected chi connectivity index (χ1v) is 24.1. The van der Waals surface area contributed by atoms with Crippen LogP contribution in [-0.2, 0) is 23.8 Å². The van der Waals surface area contributed by atoms with E-state index < -0.39 is 12.2 Å². The van der Waals surface area contributed by atoms with Crippen molar-refractivity contribution in [1.29, 1.82) is 0 Å². The van der Waals surface area contributed by atoms with E-state index >= 15 is 0 Å². The van der Waals surface area contributed by atoms with Crippen LogP contribution in [0.1, 0.15) is 271 Å². The maximum absolute atomic E-state index is 12.5. The number of rotatable bonds is 42. The second-order valence-corrected chi connectivity index (χ2v) is 16.8. The lowest BCUT2D eigenvalue weighted by atomic mass is 10.0. The molecule has 0 saturated carbocycles. The number of carbonyl (C=O) groups is 2. The molecule has 1 saturated heterocycles. The van der Waals surface area contributed by atoms with Gasteiger partial charge in [0.2, 0.25) is 0 Å². The first kappa shape index (κ1) is 49.9. The zero-order valence-electron chi connectivity index (χ0n) is 35.9. The first-order valence-electron chi connectivity index (χ1n) is 24.1. The lowest BCUT2D eigenvalue weighted by molar-refractivity contribution is -0.164. The van der Waals surface area contributed by atoms with Gasteiger partial charge in [0.15, 0.2) is 12.2 Å². The van der Waals surface area contributed by atoms with E-state index in [1.54, 1.807) is 0 Å². The molecule has 2 atom stereocenters. The Labute approximate surface area is 331 Å². The van der Waals surface area contributed by atoms with E-state index in [0.717, 1.165) is 25.7 Å². The van der Waals surface area contributed by atoms with Crippen LogP contribution in [0.5, 0.6) is 0 Å². The van der Waals surface area contributed by atoms with Gasteiger partial charge in [0.05, 0.1) is 13.2 Å².